The van der Waals surface area contributed by atoms with Gasteiger partial charge in [-0.2, -0.15) is 0 Å². The second kappa shape index (κ2) is 10.1. The molecule has 0 atom stereocenters. The zero-order valence-corrected chi connectivity index (χ0v) is 21.4. The predicted molar refractivity (Wildman–Crippen MR) is 155 cm³/mol. The van der Waals surface area contributed by atoms with E-state index in [-0.39, 0.29) is 0 Å². The second-order valence-electron chi connectivity index (χ2n) is 9.50. The van der Waals surface area contributed by atoms with E-state index in [1.54, 1.807) is 0 Å². The molecule has 0 bridgehead atoms. The molecule has 0 spiro atoms. The normalized spacial score (nSPS) is 10.8. The van der Waals surface area contributed by atoms with Gasteiger partial charge in [-0.3, -0.25) is 0 Å². The van der Waals surface area contributed by atoms with Crippen LogP contribution in [0.4, 0.5) is 28.4 Å². The highest BCUT2D eigenvalue weighted by Crippen LogP contribution is 2.36. The smallest absolute Gasteiger partial charge is 0.0464 e. The molecule has 0 saturated heterocycles. The Labute approximate surface area is 215 Å². The minimum atomic E-state index is 1.14. The molecular weight excluding hydrogens is 436 g/mol. The molecule has 5 aromatic rings. The minimum absolute atomic E-state index is 1.14. The van der Waals surface area contributed by atoms with Crippen LogP contribution in [0.1, 0.15) is 16.7 Å². The fourth-order valence-electron chi connectivity index (χ4n) is 4.51. The number of hydrogen-bond acceptors (Lipinski definition) is 2. The van der Waals surface area contributed by atoms with Gasteiger partial charge in [0.2, 0.25) is 0 Å². The van der Waals surface area contributed by atoms with Gasteiger partial charge < -0.3 is 9.80 Å². The Morgan fingerprint density at radius 2 is 0.806 bits per heavy atom. The third-order valence-corrected chi connectivity index (χ3v) is 6.69. The number of rotatable bonds is 6. The monoisotopic (exact) mass is 468 g/mol. The molecule has 5 aromatic carbocycles. The minimum Gasteiger partial charge on any atom is -0.345 e. The van der Waals surface area contributed by atoms with Crippen molar-refractivity contribution < 1.29 is 0 Å². The summed E-state index contributed by atoms with van der Waals surface area (Å²) >= 11 is 0. The van der Waals surface area contributed by atoms with Gasteiger partial charge in [0, 0.05) is 35.5 Å². The van der Waals surface area contributed by atoms with Crippen molar-refractivity contribution in [2.45, 2.75) is 20.8 Å². The van der Waals surface area contributed by atoms with Crippen molar-refractivity contribution in [2.24, 2.45) is 0 Å². The van der Waals surface area contributed by atoms with Crippen molar-refractivity contribution in [2.75, 3.05) is 16.8 Å². The van der Waals surface area contributed by atoms with Gasteiger partial charge in [0.1, 0.15) is 0 Å². The first-order valence-electron chi connectivity index (χ1n) is 12.4. The van der Waals surface area contributed by atoms with Gasteiger partial charge in [-0.15, -0.1) is 0 Å². The van der Waals surface area contributed by atoms with Crippen LogP contribution in [0.3, 0.4) is 0 Å². The molecule has 0 amide bonds. The van der Waals surface area contributed by atoms with E-state index in [0.29, 0.717) is 0 Å². The van der Waals surface area contributed by atoms with Crippen LogP contribution in [-0.2, 0) is 0 Å². The number of benzene rings is 5. The highest BCUT2D eigenvalue weighted by atomic mass is 15.1. The molecule has 0 aromatic heterocycles. The molecule has 0 aliphatic rings. The van der Waals surface area contributed by atoms with Crippen LogP contribution in [0.15, 0.2) is 121 Å². The van der Waals surface area contributed by atoms with Crippen LogP contribution >= 0.6 is 0 Å². The maximum atomic E-state index is 2.32. The van der Waals surface area contributed by atoms with E-state index in [1.165, 1.54) is 39.2 Å². The Morgan fingerprint density at radius 1 is 0.389 bits per heavy atom. The van der Waals surface area contributed by atoms with Gasteiger partial charge in [-0.1, -0.05) is 71.8 Å². The first-order valence-corrected chi connectivity index (χ1v) is 12.4. The summed E-state index contributed by atoms with van der Waals surface area (Å²) in [4.78, 5) is 4.53. The maximum Gasteiger partial charge on any atom is 0.0464 e. The summed E-state index contributed by atoms with van der Waals surface area (Å²) in [5.41, 5.74) is 12.0. The summed E-state index contributed by atoms with van der Waals surface area (Å²) in [6.45, 7) is 6.38. The van der Waals surface area contributed by atoms with E-state index in [0.717, 1.165) is 17.1 Å². The highest BCUT2D eigenvalue weighted by molar-refractivity contribution is 5.79. The van der Waals surface area contributed by atoms with Crippen LogP contribution in [-0.4, -0.2) is 7.05 Å². The second-order valence-corrected chi connectivity index (χ2v) is 9.50. The van der Waals surface area contributed by atoms with Gasteiger partial charge in [-0.25, -0.2) is 0 Å². The Kier molecular flexibility index (Phi) is 6.60. The lowest BCUT2D eigenvalue weighted by Crippen LogP contribution is -2.10. The molecule has 178 valence electrons. The average Bonchev–Trinajstić information content (AvgIpc) is 2.91. The summed E-state index contributed by atoms with van der Waals surface area (Å²) in [6.07, 6.45) is 0. The van der Waals surface area contributed by atoms with E-state index in [4.69, 9.17) is 0 Å². The molecule has 2 heteroatoms. The molecular formula is C34H32N2. The third-order valence-electron chi connectivity index (χ3n) is 6.69. The van der Waals surface area contributed by atoms with Gasteiger partial charge in [0.25, 0.3) is 0 Å². The molecule has 0 heterocycles. The molecule has 0 aliphatic heterocycles. The van der Waals surface area contributed by atoms with Crippen molar-refractivity contribution in [1.29, 1.82) is 0 Å². The zero-order valence-electron chi connectivity index (χ0n) is 21.4. The molecule has 0 saturated carbocycles. The molecule has 2 nitrogen and oxygen atoms in total. The van der Waals surface area contributed by atoms with Crippen LogP contribution in [0.25, 0.3) is 11.1 Å². The molecule has 0 radical (unpaired) electrons. The quantitative estimate of drug-likeness (QED) is 0.245. The molecule has 0 fully saturated rings. The van der Waals surface area contributed by atoms with Crippen molar-refractivity contribution in [1.82, 2.24) is 0 Å². The first kappa shape index (κ1) is 23.4. The topological polar surface area (TPSA) is 6.48 Å². The lowest BCUT2D eigenvalue weighted by molar-refractivity contribution is 1.20. The van der Waals surface area contributed by atoms with Gasteiger partial charge >= 0.3 is 0 Å². The molecule has 5 rings (SSSR count). The van der Waals surface area contributed by atoms with E-state index in [1.807, 2.05) is 0 Å². The lowest BCUT2D eigenvalue weighted by Gasteiger charge is -2.26. The number of aryl methyl sites for hydroxylation is 3. The predicted octanol–water partition coefficient (Wildman–Crippen LogP) is 9.52. The van der Waals surface area contributed by atoms with Gasteiger partial charge in [-0.05, 0) is 98.1 Å². The van der Waals surface area contributed by atoms with Crippen LogP contribution in [0.2, 0.25) is 0 Å². The fraction of sp³-hybridized carbons (Fsp3) is 0.118. The first-order chi connectivity index (χ1) is 17.5. The van der Waals surface area contributed by atoms with E-state index in [2.05, 4.69) is 159 Å². The van der Waals surface area contributed by atoms with E-state index < -0.39 is 0 Å². The third kappa shape index (κ3) is 5.04. The fourth-order valence-corrected chi connectivity index (χ4v) is 4.51. The zero-order chi connectivity index (χ0) is 25.1. The Balaban J connectivity index is 1.42. The number of hydrogen-bond donors (Lipinski definition) is 0. The van der Waals surface area contributed by atoms with Crippen molar-refractivity contribution in [3.63, 3.8) is 0 Å². The summed E-state index contributed by atoms with van der Waals surface area (Å²) < 4.78 is 0. The Hall–Kier alpha value is -4.30. The van der Waals surface area contributed by atoms with Gasteiger partial charge in [0.05, 0.1) is 0 Å². The van der Waals surface area contributed by atoms with Crippen LogP contribution in [0, 0.1) is 20.8 Å². The Morgan fingerprint density at radius 3 is 1.28 bits per heavy atom. The largest absolute Gasteiger partial charge is 0.345 e. The van der Waals surface area contributed by atoms with E-state index in [9.17, 15) is 0 Å². The summed E-state index contributed by atoms with van der Waals surface area (Å²) in [5, 5.41) is 0. The molecule has 36 heavy (non-hydrogen) atoms. The van der Waals surface area contributed by atoms with Crippen LogP contribution in [0.5, 0.6) is 0 Å². The lowest BCUT2D eigenvalue weighted by atomic mass is 10.0. The average molecular weight is 469 g/mol. The molecule has 0 aliphatic carbocycles. The van der Waals surface area contributed by atoms with Crippen LogP contribution < -0.4 is 9.80 Å². The SMILES string of the molecule is Cc1ccc(N(C)c2ccc(-c3ccc(N(c4ccc(C)cc4)c4cccc(C)c4)cc3)cc2)cc1. The number of nitrogens with zero attached hydrogens (tertiary/aromatic N) is 2. The van der Waals surface area contributed by atoms with E-state index >= 15 is 0 Å². The van der Waals surface area contributed by atoms with Crippen molar-refractivity contribution >= 4 is 28.4 Å². The highest BCUT2D eigenvalue weighted by Gasteiger charge is 2.13. The molecule has 0 unspecified atom stereocenters. The van der Waals surface area contributed by atoms with Crippen molar-refractivity contribution in [3.8, 4) is 11.1 Å². The Bertz CT molecular complexity index is 1430. The standard InChI is InChI=1S/C34H32N2/c1-25-8-16-30(17-9-25)35(4)31-20-12-28(13-21-31)29-14-22-33(23-15-29)36(32-18-10-26(2)11-19-32)34-7-5-6-27(3)24-34/h5-24H,1-4H3. The summed E-state index contributed by atoms with van der Waals surface area (Å²) in [5.74, 6) is 0. The van der Waals surface area contributed by atoms with Gasteiger partial charge in [0.15, 0.2) is 0 Å². The summed E-state index contributed by atoms with van der Waals surface area (Å²) in [6, 6.07) is 43.6. The van der Waals surface area contributed by atoms with Crippen molar-refractivity contribution in [3.05, 3.63) is 138 Å². The molecule has 0 N–H and O–H groups in total. The maximum absolute atomic E-state index is 2.32. The number of anilines is 5. The summed E-state index contributed by atoms with van der Waals surface area (Å²) in [7, 11) is 2.11.